The van der Waals surface area contributed by atoms with E-state index in [0.717, 1.165) is 12.8 Å². The Balaban J connectivity index is 2.16. The monoisotopic (exact) mass is 267 g/mol. The van der Waals surface area contributed by atoms with Gasteiger partial charge in [-0.15, -0.1) is 0 Å². The van der Waals surface area contributed by atoms with Gasteiger partial charge in [-0.2, -0.15) is 11.8 Å². The third-order valence-electron chi connectivity index (χ3n) is 2.71. The van der Waals surface area contributed by atoms with Crippen LogP contribution in [-0.4, -0.2) is 29.6 Å². The van der Waals surface area contributed by atoms with E-state index in [9.17, 15) is 9.90 Å². The zero-order valence-electron chi connectivity index (χ0n) is 10.8. The molecular weight excluding hydrogens is 246 g/mol. The molecule has 0 bridgehead atoms. The molecule has 0 radical (unpaired) electrons. The second-order valence-electron chi connectivity index (χ2n) is 4.18. The first-order chi connectivity index (χ1) is 8.75. The molecule has 0 heterocycles. The average Bonchev–Trinajstić information content (AvgIpc) is 2.38. The van der Waals surface area contributed by atoms with Gasteiger partial charge in [0.25, 0.3) is 5.91 Å². The maximum Gasteiger partial charge on any atom is 0.255 e. The van der Waals surface area contributed by atoms with Crippen molar-refractivity contribution >= 4 is 17.7 Å². The first-order valence-corrected chi connectivity index (χ1v) is 7.70. The summed E-state index contributed by atoms with van der Waals surface area (Å²) in [6, 6.07) is 6.61. The number of phenols is 1. The van der Waals surface area contributed by atoms with E-state index in [1.165, 1.54) is 24.7 Å². The summed E-state index contributed by atoms with van der Waals surface area (Å²) in [7, 11) is 0. The zero-order valence-corrected chi connectivity index (χ0v) is 11.6. The molecule has 1 rings (SSSR count). The Morgan fingerprint density at radius 3 is 2.67 bits per heavy atom. The Hall–Kier alpha value is -1.16. The van der Waals surface area contributed by atoms with E-state index in [4.69, 9.17) is 0 Å². The van der Waals surface area contributed by atoms with Crippen molar-refractivity contribution in [2.75, 3.05) is 18.6 Å². The normalized spacial score (nSPS) is 10.3. The largest absolute Gasteiger partial charge is 0.507 e. The summed E-state index contributed by atoms with van der Waals surface area (Å²) < 4.78 is 0. The van der Waals surface area contributed by atoms with Crippen molar-refractivity contribution in [3.8, 4) is 5.75 Å². The Labute approximate surface area is 113 Å². The van der Waals surface area contributed by atoms with Crippen LogP contribution in [0.3, 0.4) is 0 Å². The molecule has 0 saturated heterocycles. The highest BCUT2D eigenvalue weighted by atomic mass is 32.2. The Bertz CT molecular complexity index is 369. The molecule has 1 aromatic carbocycles. The van der Waals surface area contributed by atoms with Crippen molar-refractivity contribution in [3.05, 3.63) is 29.8 Å². The number of unbranched alkanes of at least 4 members (excludes halogenated alkanes) is 3. The molecule has 0 aliphatic carbocycles. The molecule has 0 fully saturated rings. The lowest BCUT2D eigenvalue weighted by Gasteiger charge is -2.06. The van der Waals surface area contributed by atoms with E-state index in [-0.39, 0.29) is 11.7 Å². The van der Waals surface area contributed by atoms with Crippen molar-refractivity contribution in [2.24, 2.45) is 0 Å². The summed E-state index contributed by atoms with van der Waals surface area (Å²) in [6.07, 6.45) is 6.71. The fourth-order valence-corrected chi connectivity index (χ4v) is 2.18. The van der Waals surface area contributed by atoms with Crippen LogP contribution in [0.1, 0.15) is 36.0 Å². The number of benzene rings is 1. The number of nitrogens with one attached hydrogen (secondary N) is 1. The number of hydrogen-bond donors (Lipinski definition) is 2. The van der Waals surface area contributed by atoms with Crippen LogP contribution in [0.5, 0.6) is 5.75 Å². The van der Waals surface area contributed by atoms with E-state index in [1.54, 1.807) is 18.2 Å². The summed E-state index contributed by atoms with van der Waals surface area (Å²) >= 11 is 1.87. The first-order valence-electron chi connectivity index (χ1n) is 6.31. The van der Waals surface area contributed by atoms with Gasteiger partial charge in [0.15, 0.2) is 0 Å². The highest BCUT2D eigenvalue weighted by Crippen LogP contribution is 2.15. The van der Waals surface area contributed by atoms with Gasteiger partial charge in [0.2, 0.25) is 0 Å². The standard InChI is InChI=1S/C14H21NO2S/c1-18-11-7-3-2-6-10-15-14(17)12-8-4-5-9-13(12)16/h4-5,8-9,16H,2-3,6-7,10-11H2,1H3,(H,15,17). The third-order valence-corrected chi connectivity index (χ3v) is 3.41. The van der Waals surface area contributed by atoms with Crippen LogP contribution < -0.4 is 5.32 Å². The van der Waals surface area contributed by atoms with Crippen LogP contribution in [0.4, 0.5) is 0 Å². The van der Waals surface area contributed by atoms with Gasteiger partial charge in [-0.25, -0.2) is 0 Å². The minimum Gasteiger partial charge on any atom is -0.507 e. The van der Waals surface area contributed by atoms with E-state index in [1.807, 2.05) is 11.8 Å². The topological polar surface area (TPSA) is 49.3 Å². The summed E-state index contributed by atoms with van der Waals surface area (Å²) in [5, 5.41) is 12.3. The summed E-state index contributed by atoms with van der Waals surface area (Å²) in [5.74, 6) is 1.05. The third kappa shape index (κ3) is 5.45. The van der Waals surface area contributed by atoms with Gasteiger partial charge < -0.3 is 10.4 Å². The van der Waals surface area contributed by atoms with Crippen molar-refractivity contribution in [2.45, 2.75) is 25.7 Å². The van der Waals surface area contributed by atoms with Gasteiger partial charge in [-0.1, -0.05) is 25.0 Å². The molecule has 0 aromatic heterocycles. The van der Waals surface area contributed by atoms with Gasteiger partial charge >= 0.3 is 0 Å². The van der Waals surface area contributed by atoms with Crippen LogP contribution >= 0.6 is 11.8 Å². The van der Waals surface area contributed by atoms with Crippen LogP contribution in [0, 0.1) is 0 Å². The number of carbonyl (C=O) groups excluding carboxylic acids is 1. The quantitative estimate of drug-likeness (QED) is 0.712. The van der Waals surface area contributed by atoms with Crippen molar-refractivity contribution in [1.82, 2.24) is 5.32 Å². The molecule has 18 heavy (non-hydrogen) atoms. The second kappa shape index (κ2) is 8.86. The van der Waals surface area contributed by atoms with Crippen LogP contribution in [0.2, 0.25) is 0 Å². The van der Waals surface area contributed by atoms with E-state index in [2.05, 4.69) is 11.6 Å². The molecule has 0 unspecified atom stereocenters. The molecule has 0 aliphatic rings. The van der Waals surface area contributed by atoms with E-state index in [0.29, 0.717) is 12.1 Å². The van der Waals surface area contributed by atoms with Gasteiger partial charge in [0, 0.05) is 6.54 Å². The van der Waals surface area contributed by atoms with Crippen molar-refractivity contribution in [3.63, 3.8) is 0 Å². The minimum absolute atomic E-state index is 0.0370. The van der Waals surface area contributed by atoms with E-state index >= 15 is 0 Å². The Kier molecular flexibility index (Phi) is 7.34. The van der Waals surface area contributed by atoms with Crippen molar-refractivity contribution < 1.29 is 9.90 Å². The van der Waals surface area contributed by atoms with E-state index < -0.39 is 0 Å². The van der Waals surface area contributed by atoms with Crippen LogP contribution in [0.15, 0.2) is 24.3 Å². The predicted octanol–water partition coefficient (Wildman–Crippen LogP) is 3.05. The Morgan fingerprint density at radius 1 is 1.22 bits per heavy atom. The first kappa shape index (κ1) is 14.9. The summed E-state index contributed by atoms with van der Waals surface area (Å²) in [6.45, 7) is 0.673. The lowest BCUT2D eigenvalue weighted by molar-refractivity contribution is 0.0950. The molecule has 1 amide bonds. The highest BCUT2D eigenvalue weighted by molar-refractivity contribution is 7.98. The number of carbonyl (C=O) groups is 1. The number of amides is 1. The molecule has 100 valence electrons. The molecule has 0 atom stereocenters. The minimum atomic E-state index is -0.197. The number of aromatic hydroxyl groups is 1. The van der Waals surface area contributed by atoms with Crippen LogP contribution in [0.25, 0.3) is 0 Å². The second-order valence-corrected chi connectivity index (χ2v) is 5.17. The summed E-state index contributed by atoms with van der Waals surface area (Å²) in [4.78, 5) is 11.7. The van der Waals surface area contributed by atoms with Gasteiger partial charge in [-0.05, 0) is 37.0 Å². The lowest BCUT2D eigenvalue weighted by Crippen LogP contribution is -2.24. The van der Waals surface area contributed by atoms with Crippen molar-refractivity contribution in [1.29, 1.82) is 0 Å². The molecule has 0 saturated carbocycles. The average molecular weight is 267 g/mol. The molecule has 3 nitrogen and oxygen atoms in total. The molecule has 1 aromatic rings. The fourth-order valence-electron chi connectivity index (χ4n) is 1.69. The number of thioether (sulfide) groups is 1. The smallest absolute Gasteiger partial charge is 0.255 e. The molecular formula is C14H21NO2S. The maximum atomic E-state index is 11.7. The van der Waals surface area contributed by atoms with Crippen LogP contribution in [-0.2, 0) is 0 Å². The number of phenolic OH excluding ortho intramolecular Hbond substituents is 1. The SMILES string of the molecule is CSCCCCCCNC(=O)c1ccccc1O. The molecule has 2 N–H and O–H groups in total. The van der Waals surface area contributed by atoms with Gasteiger partial charge in [0.1, 0.15) is 5.75 Å². The predicted molar refractivity (Wildman–Crippen MR) is 77.3 cm³/mol. The number of hydrogen-bond acceptors (Lipinski definition) is 3. The molecule has 0 aliphatic heterocycles. The van der Waals surface area contributed by atoms with Gasteiger partial charge in [0.05, 0.1) is 5.56 Å². The lowest BCUT2D eigenvalue weighted by atomic mass is 10.1. The highest BCUT2D eigenvalue weighted by Gasteiger charge is 2.08. The number of rotatable bonds is 8. The summed E-state index contributed by atoms with van der Waals surface area (Å²) in [5.41, 5.74) is 0.347. The fraction of sp³-hybridized carbons (Fsp3) is 0.500. The zero-order chi connectivity index (χ0) is 13.2. The molecule has 0 spiro atoms. The molecule has 4 heteroatoms. The maximum absolute atomic E-state index is 11.7. The number of para-hydroxylation sites is 1. The Morgan fingerprint density at radius 2 is 1.94 bits per heavy atom. The van der Waals surface area contributed by atoms with Gasteiger partial charge in [-0.3, -0.25) is 4.79 Å².